The van der Waals surface area contributed by atoms with E-state index in [2.05, 4.69) is 34.0 Å². The van der Waals surface area contributed by atoms with E-state index in [4.69, 9.17) is 11.6 Å². The Morgan fingerprint density at radius 3 is 2.74 bits per heavy atom. The molecule has 3 unspecified atom stereocenters. The lowest BCUT2D eigenvalue weighted by Crippen LogP contribution is -2.42. The lowest BCUT2D eigenvalue weighted by atomic mass is 10.1. The van der Waals surface area contributed by atoms with Crippen molar-refractivity contribution in [3.05, 3.63) is 34.6 Å². The second kappa shape index (κ2) is 10.3. The second-order valence-electron chi connectivity index (χ2n) is 7.36. The number of halogens is 3. The molecule has 3 rings (SSSR count). The molecule has 1 saturated heterocycles. The molecule has 27 heavy (non-hydrogen) atoms. The molecule has 4 nitrogen and oxygen atoms in total. The van der Waals surface area contributed by atoms with Gasteiger partial charge in [0.15, 0.2) is 5.96 Å². The second-order valence-corrected chi connectivity index (χ2v) is 7.77. The summed E-state index contributed by atoms with van der Waals surface area (Å²) in [4.78, 5) is 9.30. The summed E-state index contributed by atoms with van der Waals surface area (Å²) in [5.41, 5.74) is 0.642. The molecule has 1 N–H and O–H groups in total. The number of hydrogen-bond donors (Lipinski definition) is 1. The molecule has 0 radical (unpaired) electrons. The van der Waals surface area contributed by atoms with Crippen molar-refractivity contribution in [3.8, 4) is 0 Å². The van der Waals surface area contributed by atoms with E-state index in [9.17, 15) is 4.39 Å². The summed E-state index contributed by atoms with van der Waals surface area (Å²) >= 11 is 6.21. The van der Waals surface area contributed by atoms with Gasteiger partial charge in [0.1, 0.15) is 5.82 Å². The fourth-order valence-electron chi connectivity index (χ4n) is 4.02. The van der Waals surface area contributed by atoms with Crippen LogP contribution < -0.4 is 5.32 Å². The number of nitrogens with one attached hydrogen (secondary N) is 1. The molecular formula is C20H31ClFIN4. The third-order valence-corrected chi connectivity index (χ3v) is 6.01. The standard InChI is InChI=1S/C20H30ClFN4.HI/c1-4-25(5-2)12-14-9-10-26(13-14)20(23-3)24-18-11-15(18)19-16(21)7-6-8-17(19)22;/h6-8,14-15,18H,4-5,9-13H2,1-3H3,(H,23,24);1H. The average molecular weight is 509 g/mol. The predicted octanol–water partition coefficient (Wildman–Crippen LogP) is 4.19. The summed E-state index contributed by atoms with van der Waals surface area (Å²) in [5, 5.41) is 4.05. The van der Waals surface area contributed by atoms with Gasteiger partial charge >= 0.3 is 0 Å². The van der Waals surface area contributed by atoms with Gasteiger partial charge in [-0.15, -0.1) is 24.0 Å². The maximum absolute atomic E-state index is 14.1. The molecule has 1 aromatic rings. The first-order chi connectivity index (χ1) is 12.6. The third-order valence-electron chi connectivity index (χ3n) is 5.68. The van der Waals surface area contributed by atoms with Crippen LogP contribution in [-0.4, -0.2) is 61.6 Å². The monoisotopic (exact) mass is 508 g/mol. The highest BCUT2D eigenvalue weighted by Gasteiger charge is 2.42. The first-order valence-corrected chi connectivity index (χ1v) is 10.1. The SMILES string of the molecule is CCN(CC)CC1CCN(C(=NC)NC2CC2c2c(F)cccc2Cl)C1.I. The molecule has 1 heterocycles. The van der Waals surface area contributed by atoms with Crippen LogP contribution in [-0.2, 0) is 0 Å². The van der Waals surface area contributed by atoms with Crippen LogP contribution in [0, 0.1) is 11.7 Å². The summed E-state index contributed by atoms with van der Waals surface area (Å²) in [5.74, 6) is 1.55. The number of hydrogen-bond acceptors (Lipinski definition) is 2. The van der Waals surface area contributed by atoms with E-state index in [0.717, 1.165) is 45.1 Å². The van der Waals surface area contributed by atoms with Crippen LogP contribution >= 0.6 is 35.6 Å². The van der Waals surface area contributed by atoms with Gasteiger partial charge in [0.2, 0.25) is 0 Å². The van der Waals surface area contributed by atoms with Gasteiger partial charge in [0, 0.05) is 49.2 Å². The predicted molar refractivity (Wildman–Crippen MR) is 122 cm³/mol. The van der Waals surface area contributed by atoms with Crippen molar-refractivity contribution in [3.63, 3.8) is 0 Å². The van der Waals surface area contributed by atoms with E-state index in [0.29, 0.717) is 16.5 Å². The first-order valence-electron chi connectivity index (χ1n) is 9.71. The van der Waals surface area contributed by atoms with Gasteiger partial charge in [0.05, 0.1) is 0 Å². The van der Waals surface area contributed by atoms with Gasteiger partial charge in [-0.25, -0.2) is 4.39 Å². The zero-order chi connectivity index (χ0) is 18.7. The molecule has 0 aromatic heterocycles. The number of likely N-dealkylation sites (tertiary alicyclic amines) is 1. The van der Waals surface area contributed by atoms with E-state index in [1.54, 1.807) is 12.1 Å². The van der Waals surface area contributed by atoms with Crippen molar-refractivity contribution >= 4 is 41.5 Å². The Bertz CT molecular complexity index is 633. The molecule has 0 bridgehead atoms. The molecule has 1 aromatic carbocycles. The molecule has 3 atom stereocenters. The fraction of sp³-hybridized carbons (Fsp3) is 0.650. The summed E-state index contributed by atoms with van der Waals surface area (Å²) in [6.45, 7) is 9.87. The van der Waals surface area contributed by atoms with Gasteiger partial charge < -0.3 is 15.1 Å². The zero-order valence-electron chi connectivity index (χ0n) is 16.4. The van der Waals surface area contributed by atoms with Gasteiger partial charge in [0.25, 0.3) is 0 Å². The van der Waals surface area contributed by atoms with Gasteiger partial charge in [-0.2, -0.15) is 0 Å². The van der Waals surface area contributed by atoms with Crippen LogP contribution in [0.5, 0.6) is 0 Å². The molecule has 0 spiro atoms. The van der Waals surface area contributed by atoms with Crippen molar-refractivity contribution in [1.29, 1.82) is 0 Å². The highest BCUT2D eigenvalue weighted by atomic mass is 127. The highest BCUT2D eigenvalue weighted by Crippen LogP contribution is 2.45. The van der Waals surface area contributed by atoms with Gasteiger partial charge in [-0.05, 0) is 44.0 Å². The quantitative estimate of drug-likeness (QED) is 0.355. The van der Waals surface area contributed by atoms with Crippen molar-refractivity contribution in [2.24, 2.45) is 10.9 Å². The van der Waals surface area contributed by atoms with E-state index in [1.165, 1.54) is 12.5 Å². The molecule has 2 aliphatic rings. The largest absolute Gasteiger partial charge is 0.353 e. The maximum atomic E-state index is 14.1. The van der Waals surface area contributed by atoms with Crippen LogP contribution in [0.4, 0.5) is 4.39 Å². The Morgan fingerprint density at radius 2 is 2.11 bits per heavy atom. The van der Waals surface area contributed by atoms with Crippen molar-refractivity contribution < 1.29 is 4.39 Å². The lowest BCUT2D eigenvalue weighted by molar-refractivity contribution is 0.255. The van der Waals surface area contributed by atoms with Crippen molar-refractivity contribution in [2.45, 2.75) is 38.6 Å². The van der Waals surface area contributed by atoms with Gasteiger partial charge in [-0.3, -0.25) is 4.99 Å². The smallest absolute Gasteiger partial charge is 0.193 e. The van der Waals surface area contributed by atoms with E-state index in [-0.39, 0.29) is 41.8 Å². The van der Waals surface area contributed by atoms with Crippen molar-refractivity contribution in [1.82, 2.24) is 15.1 Å². The lowest BCUT2D eigenvalue weighted by Gasteiger charge is -2.24. The number of aliphatic imine (C=N–C) groups is 1. The zero-order valence-corrected chi connectivity index (χ0v) is 19.5. The van der Waals surface area contributed by atoms with Crippen molar-refractivity contribution in [2.75, 3.05) is 39.8 Å². The maximum Gasteiger partial charge on any atom is 0.193 e. The summed E-state index contributed by atoms with van der Waals surface area (Å²) in [7, 11) is 1.83. The summed E-state index contributed by atoms with van der Waals surface area (Å²) in [6.07, 6.45) is 2.10. The van der Waals surface area contributed by atoms with Crippen LogP contribution in [0.15, 0.2) is 23.2 Å². The number of benzene rings is 1. The fourth-order valence-corrected chi connectivity index (χ4v) is 4.33. The molecule has 152 valence electrons. The molecule has 7 heteroatoms. The van der Waals surface area contributed by atoms with Crippen LogP contribution in [0.3, 0.4) is 0 Å². The molecule has 1 saturated carbocycles. The number of guanidine groups is 1. The van der Waals surface area contributed by atoms with E-state index in [1.807, 2.05) is 7.05 Å². The Kier molecular flexibility index (Phi) is 8.62. The third kappa shape index (κ3) is 5.48. The molecule has 2 fully saturated rings. The molecular weight excluding hydrogens is 478 g/mol. The summed E-state index contributed by atoms with van der Waals surface area (Å²) in [6, 6.07) is 5.13. The van der Waals surface area contributed by atoms with E-state index < -0.39 is 0 Å². The Hall–Kier alpha value is -0.600. The first kappa shape index (κ1) is 22.7. The number of rotatable bonds is 6. The Morgan fingerprint density at radius 1 is 1.37 bits per heavy atom. The topological polar surface area (TPSA) is 30.9 Å². The average Bonchev–Trinajstić information content (AvgIpc) is 3.22. The Balaban J connectivity index is 0.00000261. The van der Waals surface area contributed by atoms with E-state index >= 15 is 0 Å². The molecule has 1 aliphatic heterocycles. The Labute approximate surface area is 184 Å². The van der Waals surface area contributed by atoms with Crippen LogP contribution in [0.25, 0.3) is 0 Å². The number of nitrogens with zero attached hydrogens (tertiary/aromatic N) is 3. The molecule has 1 aliphatic carbocycles. The van der Waals surface area contributed by atoms with Crippen LogP contribution in [0.2, 0.25) is 5.02 Å². The highest BCUT2D eigenvalue weighted by molar-refractivity contribution is 14.0. The normalized spacial score (nSPS) is 24.9. The minimum Gasteiger partial charge on any atom is -0.353 e. The van der Waals surface area contributed by atoms with Crippen LogP contribution in [0.1, 0.15) is 38.2 Å². The van der Waals surface area contributed by atoms with Gasteiger partial charge in [-0.1, -0.05) is 31.5 Å². The summed E-state index contributed by atoms with van der Waals surface area (Å²) < 4.78 is 14.1. The minimum absolute atomic E-state index is 0. The molecule has 0 amide bonds. The minimum atomic E-state index is -0.206.